The quantitative estimate of drug-likeness (QED) is 0.652. The van der Waals surface area contributed by atoms with E-state index < -0.39 is 0 Å². The van der Waals surface area contributed by atoms with Gasteiger partial charge in [0.25, 0.3) is 0 Å². The van der Waals surface area contributed by atoms with E-state index in [0.29, 0.717) is 5.92 Å². The van der Waals surface area contributed by atoms with Crippen molar-refractivity contribution in [2.75, 3.05) is 0 Å². The summed E-state index contributed by atoms with van der Waals surface area (Å²) in [6.07, 6.45) is 3.13. The van der Waals surface area contributed by atoms with E-state index in [2.05, 4.69) is 50.7 Å². The molecule has 1 atom stereocenters. The Kier molecular flexibility index (Phi) is 4.12. The summed E-state index contributed by atoms with van der Waals surface area (Å²) in [7, 11) is 0. The number of thiocarbonyl (C=S) groups is 1. The highest BCUT2D eigenvalue weighted by molar-refractivity contribution is 9.10. The van der Waals surface area contributed by atoms with Crippen molar-refractivity contribution in [2.24, 2.45) is 10.8 Å². The molecule has 3 N–H and O–H groups in total. The van der Waals surface area contributed by atoms with Crippen molar-refractivity contribution in [3.05, 3.63) is 34.3 Å². The highest BCUT2D eigenvalue weighted by atomic mass is 79.9. The van der Waals surface area contributed by atoms with Gasteiger partial charge in [0.05, 0.1) is 0 Å². The summed E-state index contributed by atoms with van der Waals surface area (Å²) >= 11 is 8.17. The number of rotatable bonds is 2. The van der Waals surface area contributed by atoms with Gasteiger partial charge < -0.3 is 5.73 Å². The van der Waals surface area contributed by atoms with E-state index in [1.165, 1.54) is 5.56 Å². The van der Waals surface area contributed by atoms with Crippen LogP contribution >= 0.6 is 28.1 Å². The molecule has 1 unspecified atom stereocenters. The molecular weight excluding hydrogens is 298 g/mol. The molecule has 17 heavy (non-hydrogen) atoms. The lowest BCUT2D eigenvalue weighted by Gasteiger charge is -2.08. The molecule has 5 heteroatoms. The lowest BCUT2D eigenvalue weighted by Crippen LogP contribution is -2.25. The third-order valence-electron chi connectivity index (χ3n) is 2.93. The number of hydrogen-bond acceptors (Lipinski definition) is 2. The molecule has 0 heterocycles. The Morgan fingerprint density at radius 1 is 1.41 bits per heavy atom. The van der Waals surface area contributed by atoms with Gasteiger partial charge in [0, 0.05) is 10.2 Å². The van der Waals surface area contributed by atoms with Crippen LogP contribution in [-0.4, -0.2) is 10.8 Å². The van der Waals surface area contributed by atoms with Gasteiger partial charge >= 0.3 is 0 Å². The van der Waals surface area contributed by atoms with Crippen molar-refractivity contribution in [3.63, 3.8) is 0 Å². The zero-order chi connectivity index (χ0) is 12.3. The van der Waals surface area contributed by atoms with Crippen LogP contribution in [0.4, 0.5) is 0 Å². The predicted molar refractivity (Wildman–Crippen MR) is 78.1 cm³/mol. The number of halogens is 1. The lowest BCUT2D eigenvalue weighted by atomic mass is 9.98. The van der Waals surface area contributed by atoms with Gasteiger partial charge in [-0.1, -0.05) is 28.1 Å². The molecule has 1 saturated carbocycles. The van der Waals surface area contributed by atoms with Crippen molar-refractivity contribution in [3.8, 4) is 0 Å². The molecule has 0 spiro atoms. The molecule has 1 aliphatic carbocycles. The fourth-order valence-corrected chi connectivity index (χ4v) is 2.39. The maximum absolute atomic E-state index is 5.34. The van der Waals surface area contributed by atoms with Crippen LogP contribution in [0, 0.1) is 0 Å². The molecule has 90 valence electrons. The molecule has 1 aromatic carbocycles. The summed E-state index contributed by atoms with van der Waals surface area (Å²) in [5, 5.41) is 4.43. The molecular formula is C12H14BrN3S. The molecule has 0 bridgehead atoms. The van der Waals surface area contributed by atoms with E-state index in [9.17, 15) is 0 Å². The Morgan fingerprint density at radius 3 is 2.76 bits per heavy atom. The Morgan fingerprint density at radius 2 is 2.12 bits per heavy atom. The average Bonchev–Trinajstić information content (AvgIpc) is 2.76. The third-order valence-corrected chi connectivity index (χ3v) is 3.55. The SMILES string of the molecule is NC(=S)N/N=C1/CCC(c2ccc(Br)cc2)C1. The molecule has 1 fully saturated rings. The van der Waals surface area contributed by atoms with E-state index in [4.69, 9.17) is 18.0 Å². The first-order valence-corrected chi connectivity index (χ1v) is 6.71. The Balaban J connectivity index is 2.00. The van der Waals surface area contributed by atoms with Crippen LogP contribution in [0.25, 0.3) is 0 Å². The lowest BCUT2D eigenvalue weighted by molar-refractivity contribution is 0.732. The van der Waals surface area contributed by atoms with Gasteiger partial charge in [-0.05, 0) is 55.1 Å². The second kappa shape index (κ2) is 5.60. The van der Waals surface area contributed by atoms with Gasteiger partial charge in [-0.25, -0.2) is 0 Å². The van der Waals surface area contributed by atoms with Crippen molar-refractivity contribution in [1.82, 2.24) is 5.43 Å². The van der Waals surface area contributed by atoms with Crippen molar-refractivity contribution in [2.45, 2.75) is 25.2 Å². The first-order valence-electron chi connectivity index (χ1n) is 5.51. The van der Waals surface area contributed by atoms with E-state index in [-0.39, 0.29) is 5.11 Å². The minimum Gasteiger partial charge on any atom is -0.375 e. The molecule has 0 aromatic heterocycles. The zero-order valence-electron chi connectivity index (χ0n) is 9.32. The minimum atomic E-state index is 0.226. The predicted octanol–water partition coefficient (Wildman–Crippen LogP) is 2.91. The van der Waals surface area contributed by atoms with Crippen molar-refractivity contribution < 1.29 is 0 Å². The number of benzene rings is 1. The first-order chi connectivity index (χ1) is 8.15. The Hall–Kier alpha value is -0.940. The fraction of sp³-hybridized carbons (Fsp3) is 0.333. The zero-order valence-corrected chi connectivity index (χ0v) is 11.7. The molecule has 0 radical (unpaired) electrons. The normalized spacial score (nSPS) is 21.7. The molecule has 1 aromatic rings. The van der Waals surface area contributed by atoms with E-state index >= 15 is 0 Å². The maximum atomic E-state index is 5.34. The first kappa shape index (κ1) is 12.5. The molecule has 0 saturated heterocycles. The van der Waals surface area contributed by atoms with Crippen LogP contribution in [0.3, 0.4) is 0 Å². The van der Waals surface area contributed by atoms with Crippen LogP contribution in [0.2, 0.25) is 0 Å². The number of nitrogens with one attached hydrogen (secondary N) is 1. The van der Waals surface area contributed by atoms with E-state index in [1.54, 1.807) is 0 Å². The van der Waals surface area contributed by atoms with Crippen LogP contribution in [0.1, 0.15) is 30.7 Å². The highest BCUT2D eigenvalue weighted by Gasteiger charge is 2.22. The topological polar surface area (TPSA) is 50.4 Å². The fourth-order valence-electron chi connectivity index (χ4n) is 2.08. The number of nitrogens with two attached hydrogens (primary N) is 1. The molecule has 0 amide bonds. The number of hydrogen-bond donors (Lipinski definition) is 2. The summed E-state index contributed by atoms with van der Waals surface area (Å²) in [6.45, 7) is 0. The summed E-state index contributed by atoms with van der Waals surface area (Å²) < 4.78 is 1.11. The molecule has 0 aliphatic heterocycles. The van der Waals surface area contributed by atoms with Gasteiger partial charge in [0.2, 0.25) is 0 Å². The molecule has 1 aliphatic rings. The van der Waals surface area contributed by atoms with Crippen LogP contribution in [-0.2, 0) is 0 Å². The molecule has 3 nitrogen and oxygen atoms in total. The summed E-state index contributed by atoms with van der Waals surface area (Å²) in [6, 6.07) is 8.49. The maximum Gasteiger partial charge on any atom is 0.184 e. The molecule has 2 rings (SSSR count). The van der Waals surface area contributed by atoms with E-state index in [0.717, 1.165) is 29.4 Å². The Labute approximate surface area is 115 Å². The second-order valence-electron chi connectivity index (χ2n) is 4.15. The van der Waals surface area contributed by atoms with Crippen LogP contribution < -0.4 is 11.2 Å². The third kappa shape index (κ3) is 3.51. The summed E-state index contributed by atoms with van der Waals surface area (Å²) in [5.41, 5.74) is 10.5. The Bertz CT molecular complexity index is 442. The summed E-state index contributed by atoms with van der Waals surface area (Å²) in [5.74, 6) is 0.565. The smallest absolute Gasteiger partial charge is 0.184 e. The van der Waals surface area contributed by atoms with Gasteiger partial charge in [-0.3, -0.25) is 5.43 Å². The summed E-state index contributed by atoms with van der Waals surface area (Å²) in [4.78, 5) is 0. The van der Waals surface area contributed by atoms with Crippen LogP contribution in [0.15, 0.2) is 33.8 Å². The van der Waals surface area contributed by atoms with Crippen LogP contribution in [0.5, 0.6) is 0 Å². The standard InChI is InChI=1S/C12H14BrN3S/c13-10-4-1-8(2-5-10)9-3-6-11(7-9)15-16-12(14)17/h1-2,4-5,9H,3,6-7H2,(H3,14,16,17)/b15-11-. The minimum absolute atomic E-state index is 0.226. The van der Waals surface area contributed by atoms with Gasteiger partial charge in [0.1, 0.15) is 0 Å². The average molecular weight is 312 g/mol. The monoisotopic (exact) mass is 311 g/mol. The van der Waals surface area contributed by atoms with E-state index in [1.807, 2.05) is 0 Å². The highest BCUT2D eigenvalue weighted by Crippen LogP contribution is 2.33. The second-order valence-corrected chi connectivity index (χ2v) is 5.50. The largest absolute Gasteiger partial charge is 0.375 e. The van der Waals surface area contributed by atoms with Gasteiger partial charge in [-0.2, -0.15) is 5.10 Å². The number of nitrogens with zero attached hydrogens (tertiary/aromatic N) is 1. The van der Waals surface area contributed by atoms with Crippen molar-refractivity contribution in [1.29, 1.82) is 0 Å². The van der Waals surface area contributed by atoms with Gasteiger partial charge in [0.15, 0.2) is 5.11 Å². The number of hydrazone groups is 1. The van der Waals surface area contributed by atoms with Crippen molar-refractivity contribution >= 4 is 39.0 Å². The van der Waals surface area contributed by atoms with Gasteiger partial charge in [-0.15, -0.1) is 0 Å².